The third-order valence-corrected chi connectivity index (χ3v) is 7.62. The third kappa shape index (κ3) is 5.73. The normalized spacial score (nSPS) is 14.2. The lowest BCUT2D eigenvalue weighted by Gasteiger charge is -2.29. The van der Waals surface area contributed by atoms with Gasteiger partial charge < -0.3 is 20.1 Å². The van der Waals surface area contributed by atoms with Crippen molar-refractivity contribution in [3.8, 4) is 11.5 Å². The number of fused-ring (bicyclic) bond motifs is 1. The van der Waals surface area contributed by atoms with Crippen LogP contribution < -0.4 is 20.1 Å². The molecule has 0 radical (unpaired) electrons. The summed E-state index contributed by atoms with van der Waals surface area (Å²) in [6.07, 6.45) is 0. The van der Waals surface area contributed by atoms with Crippen LogP contribution in [0.3, 0.4) is 0 Å². The van der Waals surface area contributed by atoms with Crippen LogP contribution >= 0.6 is 11.8 Å². The molecule has 1 atom stereocenters. The van der Waals surface area contributed by atoms with Crippen LogP contribution in [0.25, 0.3) is 0 Å². The first-order valence-electron chi connectivity index (χ1n) is 12.7. The molecule has 1 aliphatic heterocycles. The Labute approximate surface area is 240 Å². The van der Waals surface area contributed by atoms with Crippen LogP contribution in [0.5, 0.6) is 11.5 Å². The SMILES string of the molecule is COc1ccc(C2C(C(=O)Nc3ccccc3C)=C(C)Nc3nc(SCc4ccc([N+](=O)[O-])cc4)nn32)cc1OC. The van der Waals surface area contributed by atoms with Gasteiger partial charge in [-0.3, -0.25) is 14.9 Å². The number of carbonyl (C=O) groups is 1. The maximum atomic E-state index is 13.8. The highest BCUT2D eigenvalue weighted by Gasteiger charge is 2.35. The van der Waals surface area contributed by atoms with E-state index in [2.05, 4.69) is 15.6 Å². The zero-order valence-electron chi connectivity index (χ0n) is 22.9. The number of aryl methyl sites for hydroxylation is 1. The average Bonchev–Trinajstić information content (AvgIpc) is 3.38. The molecule has 1 aromatic heterocycles. The molecule has 4 aromatic rings. The van der Waals surface area contributed by atoms with Gasteiger partial charge in [-0.25, -0.2) is 4.68 Å². The van der Waals surface area contributed by atoms with Gasteiger partial charge in [0.2, 0.25) is 11.1 Å². The number of para-hydroxylation sites is 1. The minimum absolute atomic E-state index is 0.0364. The van der Waals surface area contributed by atoms with Gasteiger partial charge in [0.25, 0.3) is 11.6 Å². The number of methoxy groups -OCH3 is 2. The van der Waals surface area contributed by atoms with Gasteiger partial charge >= 0.3 is 0 Å². The fourth-order valence-corrected chi connectivity index (χ4v) is 5.37. The van der Waals surface area contributed by atoms with Crippen molar-refractivity contribution in [2.45, 2.75) is 30.8 Å². The molecule has 0 bridgehead atoms. The van der Waals surface area contributed by atoms with Crippen LogP contribution in [0.1, 0.15) is 29.7 Å². The molecular formula is C29H28N6O5S. The molecule has 1 aliphatic rings. The first-order chi connectivity index (χ1) is 19.8. The number of ether oxygens (including phenoxy) is 2. The van der Waals surface area contributed by atoms with Gasteiger partial charge in [0, 0.05) is 29.3 Å². The van der Waals surface area contributed by atoms with E-state index < -0.39 is 11.0 Å². The number of aromatic nitrogens is 3. The molecule has 2 N–H and O–H groups in total. The first kappa shape index (κ1) is 27.7. The molecule has 0 saturated carbocycles. The second-order valence-electron chi connectivity index (χ2n) is 9.32. The van der Waals surface area contributed by atoms with Crippen molar-refractivity contribution in [2.75, 3.05) is 24.9 Å². The second kappa shape index (κ2) is 11.7. The smallest absolute Gasteiger partial charge is 0.269 e. The summed E-state index contributed by atoms with van der Waals surface area (Å²) >= 11 is 1.39. The molecule has 1 unspecified atom stereocenters. The summed E-state index contributed by atoms with van der Waals surface area (Å²) in [6.45, 7) is 3.77. The van der Waals surface area contributed by atoms with Gasteiger partial charge in [-0.15, -0.1) is 5.10 Å². The molecule has 41 heavy (non-hydrogen) atoms. The highest BCUT2D eigenvalue weighted by Crippen LogP contribution is 2.40. The highest BCUT2D eigenvalue weighted by molar-refractivity contribution is 7.98. The molecular weight excluding hydrogens is 544 g/mol. The topological polar surface area (TPSA) is 133 Å². The number of non-ortho nitro benzene ring substituents is 1. The molecule has 3 aromatic carbocycles. The molecule has 0 spiro atoms. The van der Waals surface area contributed by atoms with Crippen molar-refractivity contribution in [1.82, 2.24) is 14.8 Å². The van der Waals surface area contributed by atoms with E-state index in [9.17, 15) is 14.9 Å². The van der Waals surface area contributed by atoms with Gasteiger partial charge in [-0.05, 0) is 48.7 Å². The lowest BCUT2D eigenvalue weighted by atomic mass is 9.94. The van der Waals surface area contributed by atoms with Crippen LogP contribution in [0, 0.1) is 17.0 Å². The number of thioether (sulfide) groups is 1. The lowest BCUT2D eigenvalue weighted by Crippen LogP contribution is -2.31. The van der Waals surface area contributed by atoms with Crippen molar-refractivity contribution >= 4 is 35.0 Å². The number of hydrogen-bond acceptors (Lipinski definition) is 9. The molecule has 0 saturated heterocycles. The van der Waals surface area contributed by atoms with E-state index in [1.54, 1.807) is 37.1 Å². The van der Waals surface area contributed by atoms with Crippen LogP contribution in [-0.4, -0.2) is 39.8 Å². The quantitative estimate of drug-likeness (QED) is 0.146. The highest BCUT2D eigenvalue weighted by atomic mass is 32.2. The Balaban J connectivity index is 1.50. The monoisotopic (exact) mass is 572 g/mol. The molecule has 12 heteroatoms. The lowest BCUT2D eigenvalue weighted by molar-refractivity contribution is -0.384. The minimum Gasteiger partial charge on any atom is -0.493 e. The number of allylic oxidation sites excluding steroid dienone is 1. The summed E-state index contributed by atoms with van der Waals surface area (Å²) < 4.78 is 12.7. The summed E-state index contributed by atoms with van der Waals surface area (Å²) in [5, 5.41) is 22.5. The summed E-state index contributed by atoms with van der Waals surface area (Å²) in [5.41, 5.74) is 4.47. The second-order valence-corrected chi connectivity index (χ2v) is 10.3. The maximum Gasteiger partial charge on any atom is 0.269 e. The summed E-state index contributed by atoms with van der Waals surface area (Å²) in [4.78, 5) is 29.0. The molecule has 2 heterocycles. The van der Waals surface area contributed by atoms with Crippen molar-refractivity contribution < 1.29 is 19.2 Å². The van der Waals surface area contributed by atoms with E-state index in [1.165, 1.54) is 23.9 Å². The minimum atomic E-state index is -0.615. The molecule has 0 aliphatic carbocycles. The summed E-state index contributed by atoms with van der Waals surface area (Å²) in [5.74, 6) is 1.81. The number of nitro benzene ring substituents is 1. The number of rotatable bonds is 9. The maximum absolute atomic E-state index is 13.8. The number of hydrogen-bond donors (Lipinski definition) is 2. The van der Waals surface area contributed by atoms with Crippen LogP contribution in [0.4, 0.5) is 17.3 Å². The zero-order chi connectivity index (χ0) is 29.1. The Kier molecular flexibility index (Phi) is 7.92. The van der Waals surface area contributed by atoms with Crippen molar-refractivity contribution in [3.05, 3.63) is 105 Å². The van der Waals surface area contributed by atoms with Crippen molar-refractivity contribution in [3.63, 3.8) is 0 Å². The Morgan fingerprint density at radius 3 is 2.49 bits per heavy atom. The van der Waals surface area contributed by atoms with Crippen molar-refractivity contribution in [1.29, 1.82) is 0 Å². The number of nitrogens with zero attached hydrogens (tertiary/aromatic N) is 4. The van der Waals surface area contributed by atoms with Crippen LogP contribution in [-0.2, 0) is 10.5 Å². The van der Waals surface area contributed by atoms with E-state index in [0.29, 0.717) is 45.3 Å². The van der Waals surface area contributed by atoms with Gasteiger partial charge in [0.15, 0.2) is 11.5 Å². The predicted molar refractivity (Wildman–Crippen MR) is 156 cm³/mol. The van der Waals surface area contributed by atoms with Crippen molar-refractivity contribution in [2.24, 2.45) is 0 Å². The van der Waals surface area contributed by atoms with E-state index in [1.807, 2.05) is 50.2 Å². The van der Waals surface area contributed by atoms with Crippen LogP contribution in [0.15, 0.2) is 83.2 Å². The fourth-order valence-electron chi connectivity index (χ4n) is 4.58. The molecule has 210 valence electrons. The molecule has 11 nitrogen and oxygen atoms in total. The third-order valence-electron chi connectivity index (χ3n) is 6.71. The Bertz CT molecular complexity index is 1650. The Hall–Kier alpha value is -4.84. The average molecular weight is 573 g/mol. The Morgan fingerprint density at radius 2 is 1.80 bits per heavy atom. The van der Waals surface area contributed by atoms with Gasteiger partial charge in [-0.1, -0.05) is 48.2 Å². The van der Waals surface area contributed by atoms with Gasteiger partial charge in [0.1, 0.15) is 6.04 Å². The summed E-state index contributed by atoms with van der Waals surface area (Å²) in [6, 6.07) is 18.9. The Morgan fingerprint density at radius 1 is 1.07 bits per heavy atom. The molecule has 0 fully saturated rings. The largest absolute Gasteiger partial charge is 0.493 e. The van der Waals surface area contributed by atoms with Gasteiger partial charge in [-0.2, -0.15) is 4.98 Å². The number of carbonyl (C=O) groups excluding carboxylic acids is 1. The van der Waals surface area contributed by atoms with Gasteiger partial charge in [0.05, 0.1) is 24.7 Å². The number of nitro groups is 1. The van der Waals surface area contributed by atoms with E-state index in [4.69, 9.17) is 14.6 Å². The first-order valence-corrected chi connectivity index (χ1v) is 13.7. The number of anilines is 2. The summed E-state index contributed by atoms with van der Waals surface area (Å²) in [7, 11) is 3.13. The number of amides is 1. The molecule has 1 amide bonds. The number of nitrogens with one attached hydrogen (secondary N) is 2. The van der Waals surface area contributed by atoms with E-state index >= 15 is 0 Å². The predicted octanol–water partition coefficient (Wildman–Crippen LogP) is 5.73. The molecule has 5 rings (SSSR count). The zero-order valence-corrected chi connectivity index (χ0v) is 23.7. The van der Waals surface area contributed by atoms with E-state index in [-0.39, 0.29) is 11.6 Å². The standard InChI is InChI=1S/C29H28N6O5S/c1-17-7-5-6-8-22(17)31-27(36)25-18(2)30-28-32-29(41-16-19-9-12-21(13-10-19)35(37)38)33-34(28)26(25)20-11-14-23(39-3)24(15-20)40-4/h5-15,26H,16H2,1-4H3,(H,31,36)(H,30,32,33). The van der Waals surface area contributed by atoms with E-state index in [0.717, 1.165) is 16.7 Å². The number of benzene rings is 3. The fraction of sp³-hybridized carbons (Fsp3) is 0.207. The van der Waals surface area contributed by atoms with Crippen LogP contribution in [0.2, 0.25) is 0 Å².